The number of fused-ring (bicyclic) bond motifs is 4. The molecule has 2 nitrogen and oxygen atoms in total. The molecule has 8 aromatic carbocycles. The predicted octanol–water partition coefficient (Wildman–Crippen LogP) is 16.9. The van der Waals surface area contributed by atoms with Gasteiger partial charge in [0.05, 0.1) is 23.5 Å². The Balaban J connectivity index is 1.27. The van der Waals surface area contributed by atoms with Crippen LogP contribution in [0.2, 0.25) is 0 Å². The molecule has 0 aromatic heterocycles. The van der Waals surface area contributed by atoms with E-state index in [9.17, 15) is 0 Å². The van der Waals surface area contributed by atoms with Crippen LogP contribution >= 0.6 is 0 Å². The molecule has 0 bridgehead atoms. The molecule has 0 fully saturated rings. The SMILES string of the molecule is CC1=CCC(N(c2ccc(C)cc2)c2c3ccc(-c4ccc5ccccc5c4)cc3c(N(c3ccc(C)cc3)C3C=CC(C)=CC3)c3ccc(-c4ccc5c(c4)C=CCC5)cc23)C=C1. The summed E-state index contributed by atoms with van der Waals surface area (Å²) in [4.78, 5) is 5.29. The monoisotopic (exact) mass is 826 g/mol. The Hall–Kier alpha value is -7.16. The van der Waals surface area contributed by atoms with E-state index >= 15 is 0 Å². The molecule has 0 saturated carbocycles. The third kappa shape index (κ3) is 7.37. The topological polar surface area (TPSA) is 6.48 Å². The molecule has 2 unspecified atom stereocenters. The molecule has 11 rings (SSSR count). The maximum absolute atomic E-state index is 2.64. The quantitative estimate of drug-likeness (QED) is 0.111. The Morgan fingerprint density at radius 1 is 0.438 bits per heavy atom. The first-order chi connectivity index (χ1) is 31.3. The predicted molar refractivity (Wildman–Crippen MR) is 276 cm³/mol. The minimum atomic E-state index is 0.114. The lowest BCUT2D eigenvalue weighted by Crippen LogP contribution is -2.32. The summed E-state index contributed by atoms with van der Waals surface area (Å²) in [6, 6.07) is 55.9. The van der Waals surface area contributed by atoms with Crippen molar-refractivity contribution in [3.63, 3.8) is 0 Å². The van der Waals surface area contributed by atoms with Crippen molar-refractivity contribution >= 4 is 61.1 Å². The van der Waals surface area contributed by atoms with Crippen LogP contribution in [0, 0.1) is 13.8 Å². The zero-order valence-corrected chi connectivity index (χ0v) is 37.4. The average molecular weight is 827 g/mol. The lowest BCUT2D eigenvalue weighted by atomic mass is 9.88. The van der Waals surface area contributed by atoms with Crippen LogP contribution < -0.4 is 9.80 Å². The van der Waals surface area contributed by atoms with Crippen LogP contribution in [-0.4, -0.2) is 12.1 Å². The van der Waals surface area contributed by atoms with Crippen molar-refractivity contribution in [2.24, 2.45) is 0 Å². The number of allylic oxidation sites excluding steroid dienone is 5. The largest absolute Gasteiger partial charge is 0.333 e. The third-order valence-corrected chi connectivity index (χ3v) is 13.8. The number of aryl methyl sites for hydroxylation is 3. The van der Waals surface area contributed by atoms with E-state index in [1.807, 2.05) is 0 Å². The van der Waals surface area contributed by atoms with Crippen LogP contribution in [-0.2, 0) is 6.42 Å². The summed E-state index contributed by atoms with van der Waals surface area (Å²) in [6.07, 6.45) is 22.9. The minimum absolute atomic E-state index is 0.114. The number of benzene rings is 8. The molecule has 0 radical (unpaired) electrons. The van der Waals surface area contributed by atoms with Gasteiger partial charge in [0, 0.05) is 32.9 Å². The summed E-state index contributed by atoms with van der Waals surface area (Å²) in [5.74, 6) is 0. The second kappa shape index (κ2) is 16.5. The first-order valence-corrected chi connectivity index (χ1v) is 23.1. The zero-order valence-electron chi connectivity index (χ0n) is 37.4. The molecule has 8 aromatic rings. The molecule has 0 amide bonds. The van der Waals surface area contributed by atoms with Crippen molar-refractivity contribution in [3.05, 3.63) is 222 Å². The lowest BCUT2D eigenvalue weighted by Gasteiger charge is -2.38. The number of rotatable bonds is 8. The van der Waals surface area contributed by atoms with Gasteiger partial charge in [-0.25, -0.2) is 0 Å². The van der Waals surface area contributed by atoms with Crippen molar-refractivity contribution in [2.75, 3.05) is 9.80 Å². The van der Waals surface area contributed by atoms with E-state index in [2.05, 4.69) is 232 Å². The smallest absolute Gasteiger partial charge is 0.0577 e. The fourth-order valence-electron chi connectivity index (χ4n) is 10.2. The van der Waals surface area contributed by atoms with Gasteiger partial charge in [0.25, 0.3) is 0 Å². The van der Waals surface area contributed by atoms with Gasteiger partial charge in [-0.2, -0.15) is 0 Å². The van der Waals surface area contributed by atoms with E-state index in [1.54, 1.807) is 0 Å². The van der Waals surface area contributed by atoms with Gasteiger partial charge < -0.3 is 9.80 Å². The van der Waals surface area contributed by atoms with Gasteiger partial charge in [0.1, 0.15) is 0 Å². The van der Waals surface area contributed by atoms with E-state index in [-0.39, 0.29) is 12.1 Å². The second-order valence-electron chi connectivity index (χ2n) is 18.3. The van der Waals surface area contributed by atoms with Gasteiger partial charge in [-0.15, -0.1) is 0 Å². The van der Waals surface area contributed by atoms with Crippen LogP contribution in [0.5, 0.6) is 0 Å². The molecular weight excluding hydrogens is 773 g/mol. The van der Waals surface area contributed by atoms with Crippen LogP contribution in [0.15, 0.2) is 199 Å². The third-order valence-electron chi connectivity index (χ3n) is 13.8. The van der Waals surface area contributed by atoms with Gasteiger partial charge in [-0.3, -0.25) is 0 Å². The van der Waals surface area contributed by atoms with Crippen molar-refractivity contribution in [1.82, 2.24) is 0 Å². The number of hydrogen-bond donors (Lipinski definition) is 0. The highest BCUT2D eigenvalue weighted by Crippen LogP contribution is 2.51. The maximum Gasteiger partial charge on any atom is 0.0577 e. The van der Waals surface area contributed by atoms with Gasteiger partial charge >= 0.3 is 0 Å². The molecule has 3 aliphatic carbocycles. The van der Waals surface area contributed by atoms with Crippen LogP contribution in [0.1, 0.15) is 55.4 Å². The fourth-order valence-corrected chi connectivity index (χ4v) is 10.2. The summed E-state index contributed by atoms with van der Waals surface area (Å²) in [7, 11) is 0. The Labute approximate surface area is 378 Å². The van der Waals surface area contributed by atoms with E-state index in [1.165, 1.54) is 111 Å². The highest BCUT2D eigenvalue weighted by atomic mass is 15.2. The number of anilines is 4. The highest BCUT2D eigenvalue weighted by molar-refractivity contribution is 6.23. The molecule has 2 heteroatoms. The molecule has 0 heterocycles. The molecular formula is C62H54N2. The van der Waals surface area contributed by atoms with Crippen molar-refractivity contribution in [3.8, 4) is 22.3 Å². The Bertz CT molecular complexity index is 3260. The number of hydrogen-bond acceptors (Lipinski definition) is 2. The zero-order chi connectivity index (χ0) is 43.3. The van der Waals surface area contributed by atoms with Crippen LogP contribution in [0.4, 0.5) is 22.7 Å². The maximum atomic E-state index is 2.64. The van der Waals surface area contributed by atoms with Gasteiger partial charge in [0.2, 0.25) is 0 Å². The first kappa shape index (κ1) is 39.7. The summed E-state index contributed by atoms with van der Waals surface area (Å²) < 4.78 is 0. The molecule has 3 aliphatic rings. The Kier molecular flexibility index (Phi) is 10.2. The van der Waals surface area contributed by atoms with E-state index in [0.29, 0.717) is 0 Å². The Morgan fingerprint density at radius 3 is 1.48 bits per heavy atom. The lowest BCUT2D eigenvalue weighted by molar-refractivity contribution is 0.781. The van der Waals surface area contributed by atoms with Crippen LogP contribution in [0.3, 0.4) is 0 Å². The molecule has 312 valence electrons. The van der Waals surface area contributed by atoms with Gasteiger partial charge in [-0.05, 0) is 146 Å². The summed E-state index contributed by atoms with van der Waals surface area (Å²) in [5, 5.41) is 7.46. The first-order valence-electron chi connectivity index (χ1n) is 23.1. The summed E-state index contributed by atoms with van der Waals surface area (Å²) in [6.45, 7) is 8.80. The average Bonchev–Trinajstić information content (AvgIpc) is 3.33. The Morgan fingerprint density at radius 2 is 0.938 bits per heavy atom. The molecule has 64 heavy (non-hydrogen) atoms. The molecule has 0 spiro atoms. The van der Waals surface area contributed by atoms with E-state index in [0.717, 1.165) is 25.7 Å². The second-order valence-corrected chi connectivity index (χ2v) is 18.3. The van der Waals surface area contributed by atoms with Crippen LogP contribution in [0.25, 0.3) is 60.6 Å². The summed E-state index contributed by atoms with van der Waals surface area (Å²) in [5.41, 5.74) is 17.7. The highest BCUT2D eigenvalue weighted by Gasteiger charge is 2.30. The van der Waals surface area contributed by atoms with Gasteiger partial charge in [0.15, 0.2) is 0 Å². The summed E-state index contributed by atoms with van der Waals surface area (Å²) >= 11 is 0. The normalized spacial score (nSPS) is 16.8. The van der Waals surface area contributed by atoms with Crippen molar-refractivity contribution < 1.29 is 0 Å². The van der Waals surface area contributed by atoms with Crippen molar-refractivity contribution in [2.45, 2.75) is 65.5 Å². The standard InChI is InChI=1S/C62H54N2/c1-41-13-27-53(28-14-41)63(54-29-15-42(2)16-30-54)61-57-35-25-52(50-24-22-46-10-6-8-12-48(46)38-50)40-60(57)62(64(55-31-17-43(3)18-32-55)56-33-19-44(4)20-34-56)58-36-26-51(39-59(58)61)49-23-21-45-9-5-7-11-47(45)37-49/h5,7-9,11-29,31-33,35-40,54,56H,6,10,30,34H2,1-4H3. The molecule has 0 N–H and O–H groups in total. The van der Waals surface area contributed by atoms with E-state index < -0.39 is 0 Å². The minimum Gasteiger partial charge on any atom is -0.333 e. The van der Waals surface area contributed by atoms with Gasteiger partial charge in [-0.1, -0.05) is 168 Å². The number of nitrogens with zero attached hydrogens (tertiary/aromatic N) is 2. The van der Waals surface area contributed by atoms with Crippen molar-refractivity contribution in [1.29, 1.82) is 0 Å². The fraction of sp³-hybridized carbons (Fsp3) is 0.161. The van der Waals surface area contributed by atoms with E-state index in [4.69, 9.17) is 0 Å². The molecule has 0 aliphatic heterocycles. The molecule has 0 saturated heterocycles. The molecule has 2 atom stereocenters.